The molecule has 2 aromatic rings. The Morgan fingerprint density at radius 3 is 2.50 bits per heavy atom. The van der Waals surface area contributed by atoms with Crippen molar-refractivity contribution in [3.05, 3.63) is 65.5 Å². The first-order valence-electron chi connectivity index (χ1n) is 9.83. The van der Waals surface area contributed by atoms with Gasteiger partial charge in [-0.25, -0.2) is 9.38 Å². The van der Waals surface area contributed by atoms with E-state index < -0.39 is 0 Å². The summed E-state index contributed by atoms with van der Waals surface area (Å²) in [6.45, 7) is 2.99. The van der Waals surface area contributed by atoms with Crippen LogP contribution in [0.25, 0.3) is 0 Å². The van der Waals surface area contributed by atoms with Crippen LogP contribution in [0.5, 0.6) is 0 Å². The van der Waals surface area contributed by atoms with Crippen LogP contribution in [0.15, 0.2) is 53.5 Å². The maximum Gasteiger partial charge on any atom is 0.257 e. The monoisotopic (exact) mass is 412 g/mol. The van der Waals surface area contributed by atoms with E-state index in [4.69, 9.17) is 4.74 Å². The van der Waals surface area contributed by atoms with E-state index >= 15 is 0 Å². The molecule has 1 aliphatic rings. The number of anilines is 1. The molecule has 0 bridgehead atoms. The molecule has 1 fully saturated rings. The highest BCUT2D eigenvalue weighted by Gasteiger charge is 2.16. The number of aliphatic imine (C=N–C) groups is 1. The minimum absolute atomic E-state index is 0.0278. The van der Waals surface area contributed by atoms with Gasteiger partial charge in [0.05, 0.1) is 12.6 Å². The molecule has 0 radical (unpaired) electrons. The van der Waals surface area contributed by atoms with E-state index in [-0.39, 0.29) is 29.7 Å². The number of hydrogen-bond donors (Lipinski definition) is 3. The van der Waals surface area contributed by atoms with Gasteiger partial charge in [0.25, 0.3) is 5.91 Å². The molecule has 0 unspecified atom stereocenters. The summed E-state index contributed by atoms with van der Waals surface area (Å²) in [6.07, 6.45) is 1.95. The minimum Gasteiger partial charge on any atom is -0.376 e. The fraction of sp³-hybridized carbons (Fsp3) is 0.318. The van der Waals surface area contributed by atoms with Crippen LogP contribution in [-0.4, -0.2) is 37.0 Å². The number of rotatable bonds is 6. The van der Waals surface area contributed by atoms with Crippen LogP contribution >= 0.6 is 0 Å². The maximum atomic E-state index is 13.2. The third-order valence-electron chi connectivity index (χ3n) is 4.57. The van der Waals surface area contributed by atoms with Gasteiger partial charge < -0.3 is 15.4 Å². The Bertz CT molecular complexity index is 892. The van der Waals surface area contributed by atoms with E-state index in [1.807, 2.05) is 0 Å². The Kier molecular flexibility index (Phi) is 7.51. The van der Waals surface area contributed by atoms with Gasteiger partial charge in [-0.3, -0.25) is 14.9 Å². The first-order valence-corrected chi connectivity index (χ1v) is 9.83. The van der Waals surface area contributed by atoms with Crippen molar-refractivity contribution in [2.45, 2.75) is 32.4 Å². The van der Waals surface area contributed by atoms with Crippen LogP contribution in [0.4, 0.5) is 10.1 Å². The quantitative estimate of drug-likeness (QED) is 0.503. The third kappa shape index (κ3) is 6.66. The number of amides is 2. The Labute approximate surface area is 174 Å². The van der Waals surface area contributed by atoms with Gasteiger partial charge in [-0.2, -0.15) is 0 Å². The lowest BCUT2D eigenvalue weighted by atomic mass is 10.1. The second-order valence-corrected chi connectivity index (χ2v) is 7.02. The number of carbonyl (C=O) groups is 2. The van der Waals surface area contributed by atoms with E-state index in [2.05, 4.69) is 20.9 Å². The summed E-state index contributed by atoms with van der Waals surface area (Å²) in [5.74, 6) is -0.524. The summed E-state index contributed by atoms with van der Waals surface area (Å²) in [5.41, 5.74) is 1.94. The van der Waals surface area contributed by atoms with Gasteiger partial charge in [0.1, 0.15) is 5.82 Å². The summed E-state index contributed by atoms with van der Waals surface area (Å²) in [5, 5.41) is 8.50. The Hall–Kier alpha value is -3.26. The molecule has 8 heteroatoms. The Morgan fingerprint density at radius 2 is 1.87 bits per heavy atom. The summed E-state index contributed by atoms with van der Waals surface area (Å²) < 4.78 is 18.8. The second-order valence-electron chi connectivity index (χ2n) is 7.02. The molecule has 0 saturated carbocycles. The third-order valence-corrected chi connectivity index (χ3v) is 4.57. The number of guanidine groups is 1. The molecule has 1 heterocycles. The number of nitrogens with one attached hydrogen (secondary N) is 3. The fourth-order valence-corrected chi connectivity index (χ4v) is 2.94. The predicted molar refractivity (Wildman–Crippen MR) is 113 cm³/mol. The highest BCUT2D eigenvalue weighted by atomic mass is 19.1. The number of nitrogens with zero attached hydrogens (tertiary/aromatic N) is 1. The van der Waals surface area contributed by atoms with Crippen LogP contribution < -0.4 is 16.0 Å². The second kappa shape index (κ2) is 10.5. The first kappa shape index (κ1) is 21.4. The van der Waals surface area contributed by atoms with Crippen molar-refractivity contribution in [3.8, 4) is 0 Å². The zero-order valence-electron chi connectivity index (χ0n) is 16.8. The maximum absolute atomic E-state index is 13.2. The molecule has 1 aliphatic heterocycles. The summed E-state index contributed by atoms with van der Waals surface area (Å²) in [4.78, 5) is 28.2. The molecule has 1 saturated heterocycles. The van der Waals surface area contributed by atoms with Crippen molar-refractivity contribution >= 4 is 23.5 Å². The summed E-state index contributed by atoms with van der Waals surface area (Å²) in [6, 6.07) is 12.7. The molecule has 0 spiro atoms. The average Bonchev–Trinajstić information content (AvgIpc) is 3.26. The van der Waals surface area contributed by atoms with E-state index in [1.165, 1.54) is 19.1 Å². The molecule has 7 nitrogen and oxygen atoms in total. The molecular formula is C22H25FN4O3. The number of hydrogen-bond acceptors (Lipinski definition) is 4. The van der Waals surface area contributed by atoms with Gasteiger partial charge in [-0.05, 0) is 54.8 Å². The van der Waals surface area contributed by atoms with Gasteiger partial charge in [0, 0.05) is 31.3 Å². The Morgan fingerprint density at radius 1 is 1.13 bits per heavy atom. The van der Waals surface area contributed by atoms with Gasteiger partial charge in [0.15, 0.2) is 0 Å². The zero-order chi connectivity index (χ0) is 21.3. The van der Waals surface area contributed by atoms with Crippen LogP contribution in [0.1, 0.15) is 35.7 Å². The SMILES string of the molecule is CC(=O)NCc1ccc(C(=O)NC(=NC[C@H]2CCCO2)Nc2ccc(F)cc2)cc1. The number of benzene rings is 2. The first-order chi connectivity index (χ1) is 14.5. The van der Waals surface area contributed by atoms with Crippen LogP contribution in [0.3, 0.4) is 0 Å². The number of carbonyl (C=O) groups excluding carboxylic acids is 2. The molecular weight excluding hydrogens is 387 g/mol. The predicted octanol–water partition coefficient (Wildman–Crippen LogP) is 2.84. The van der Waals surface area contributed by atoms with Crippen molar-refractivity contribution in [2.24, 2.45) is 4.99 Å². The van der Waals surface area contributed by atoms with E-state index in [0.29, 0.717) is 24.3 Å². The molecule has 2 amide bonds. The molecule has 30 heavy (non-hydrogen) atoms. The molecule has 3 rings (SSSR count). The topological polar surface area (TPSA) is 91.8 Å². The van der Waals surface area contributed by atoms with E-state index in [0.717, 1.165) is 25.0 Å². The van der Waals surface area contributed by atoms with Crippen LogP contribution in [0, 0.1) is 5.82 Å². The molecule has 1 atom stereocenters. The number of halogens is 1. The van der Waals surface area contributed by atoms with Crippen molar-refractivity contribution < 1.29 is 18.7 Å². The van der Waals surface area contributed by atoms with Gasteiger partial charge in [-0.1, -0.05) is 12.1 Å². The van der Waals surface area contributed by atoms with E-state index in [9.17, 15) is 14.0 Å². The molecule has 2 aromatic carbocycles. The van der Waals surface area contributed by atoms with Crippen molar-refractivity contribution in [1.29, 1.82) is 0 Å². The lowest BCUT2D eigenvalue weighted by molar-refractivity contribution is -0.119. The van der Waals surface area contributed by atoms with Crippen LogP contribution in [-0.2, 0) is 16.1 Å². The minimum atomic E-state index is -0.346. The molecule has 0 aliphatic carbocycles. The van der Waals surface area contributed by atoms with Crippen LogP contribution in [0.2, 0.25) is 0 Å². The smallest absolute Gasteiger partial charge is 0.257 e. The van der Waals surface area contributed by atoms with Gasteiger partial charge in [-0.15, -0.1) is 0 Å². The molecule has 3 N–H and O–H groups in total. The average molecular weight is 412 g/mol. The normalized spacial score (nSPS) is 16.2. The highest BCUT2D eigenvalue weighted by Crippen LogP contribution is 2.13. The fourth-order valence-electron chi connectivity index (χ4n) is 2.94. The standard InChI is InChI=1S/C22H25FN4O3/c1-15(28)24-13-16-4-6-17(7-5-16)21(29)27-22(25-14-20-3-2-12-30-20)26-19-10-8-18(23)9-11-19/h4-11,20H,2-3,12-14H2,1H3,(H,24,28)(H2,25,26,27,29)/t20-/m1/s1. The largest absolute Gasteiger partial charge is 0.376 e. The lowest BCUT2D eigenvalue weighted by Gasteiger charge is -2.13. The van der Waals surface area contributed by atoms with Gasteiger partial charge in [0.2, 0.25) is 11.9 Å². The van der Waals surface area contributed by atoms with E-state index in [1.54, 1.807) is 36.4 Å². The highest BCUT2D eigenvalue weighted by molar-refractivity contribution is 6.09. The summed E-state index contributed by atoms with van der Waals surface area (Å²) >= 11 is 0. The van der Waals surface area contributed by atoms with Crippen molar-refractivity contribution in [3.63, 3.8) is 0 Å². The lowest BCUT2D eigenvalue weighted by Crippen LogP contribution is -2.36. The zero-order valence-corrected chi connectivity index (χ0v) is 16.8. The number of ether oxygens (including phenoxy) is 1. The summed E-state index contributed by atoms with van der Waals surface area (Å²) in [7, 11) is 0. The van der Waals surface area contributed by atoms with Crippen molar-refractivity contribution in [2.75, 3.05) is 18.5 Å². The van der Waals surface area contributed by atoms with Gasteiger partial charge >= 0.3 is 0 Å². The Balaban J connectivity index is 1.67. The molecule has 0 aromatic heterocycles. The van der Waals surface area contributed by atoms with Crippen molar-refractivity contribution in [1.82, 2.24) is 10.6 Å². The molecule has 158 valence electrons.